The normalized spacial score (nSPS) is 11.8. The van der Waals surface area contributed by atoms with E-state index in [0.29, 0.717) is 16.9 Å². The highest BCUT2D eigenvalue weighted by Crippen LogP contribution is 2.23. The lowest BCUT2D eigenvalue weighted by Crippen LogP contribution is -3.00. The number of fused-ring (bicyclic) bond motifs is 1. The molecule has 0 bridgehead atoms. The largest absolute Gasteiger partial charge is 1.00 e. The first kappa shape index (κ1) is 33.0. The van der Waals surface area contributed by atoms with Crippen molar-refractivity contribution in [3.8, 4) is 0 Å². The summed E-state index contributed by atoms with van der Waals surface area (Å²) in [5.41, 5.74) is 2.47. The number of aryl methyl sites for hydroxylation is 2. The fourth-order valence-corrected chi connectivity index (χ4v) is 5.98. The molecule has 42 heavy (non-hydrogen) atoms. The number of pyridine rings is 1. The van der Waals surface area contributed by atoms with E-state index in [1.54, 1.807) is 42.6 Å². The van der Waals surface area contributed by atoms with Gasteiger partial charge in [-0.25, -0.2) is 17.8 Å². The molecular weight excluding hydrogens is 644 g/mol. The first-order chi connectivity index (χ1) is 19.6. The summed E-state index contributed by atoms with van der Waals surface area (Å²) < 4.78 is 35.6. The Labute approximate surface area is 260 Å². The summed E-state index contributed by atoms with van der Waals surface area (Å²) >= 11 is 3.44. The maximum absolute atomic E-state index is 12.7. The van der Waals surface area contributed by atoms with Crippen LogP contribution in [0.15, 0.2) is 89.7 Å². The molecule has 9 nitrogen and oxygen atoms in total. The Balaban J connectivity index is 0.00000484. The van der Waals surface area contributed by atoms with Crippen molar-refractivity contribution in [3.05, 3.63) is 101 Å². The smallest absolute Gasteiger partial charge is 0.413 e. The zero-order valence-corrected chi connectivity index (χ0v) is 26.3. The molecule has 222 valence electrons. The molecule has 1 heterocycles. The maximum Gasteiger partial charge on any atom is 0.413 e. The second-order valence-corrected chi connectivity index (χ2v) is 12.3. The van der Waals surface area contributed by atoms with Crippen LogP contribution in [0.5, 0.6) is 0 Å². The lowest BCUT2D eigenvalue weighted by molar-refractivity contribution is -0.697. The van der Waals surface area contributed by atoms with Crippen LogP contribution < -0.4 is 32.3 Å². The van der Waals surface area contributed by atoms with Gasteiger partial charge in [-0.3, -0.25) is 10.1 Å². The average Bonchev–Trinajstić information content (AvgIpc) is 2.92. The van der Waals surface area contributed by atoms with Gasteiger partial charge >= 0.3 is 6.09 Å². The molecule has 0 fully saturated rings. The number of ether oxygens (including phenoxy) is 1. The zero-order chi connectivity index (χ0) is 29.4. The Hall–Kier alpha value is -3.51. The molecule has 12 heteroatoms. The summed E-state index contributed by atoms with van der Waals surface area (Å²) in [6.45, 7) is 4.32. The predicted molar refractivity (Wildman–Crippen MR) is 163 cm³/mol. The fraction of sp³-hybridized carbons (Fsp3) is 0.233. The van der Waals surface area contributed by atoms with Crippen LogP contribution in [0.1, 0.15) is 36.2 Å². The number of carbonyl (C=O) groups is 2. The highest BCUT2D eigenvalue weighted by atomic mass is 79.9. The third kappa shape index (κ3) is 9.52. The molecule has 4 rings (SSSR count). The number of nitrogens with zero attached hydrogens (tertiary/aromatic N) is 1. The number of anilines is 2. The number of hydrogen-bond donors (Lipinski definition) is 3. The van der Waals surface area contributed by atoms with Crippen molar-refractivity contribution >= 4 is 60.1 Å². The molecule has 0 radical (unpaired) electrons. The van der Waals surface area contributed by atoms with Gasteiger partial charge < -0.3 is 22.5 Å². The summed E-state index contributed by atoms with van der Waals surface area (Å²) in [6.07, 6.45) is 3.07. The van der Waals surface area contributed by atoms with E-state index >= 15 is 0 Å². The molecule has 0 saturated carbocycles. The molecule has 1 atom stereocenters. The molecular formula is C30H32BrClN4O5S. The number of benzene rings is 3. The minimum absolute atomic E-state index is 0. The van der Waals surface area contributed by atoms with Gasteiger partial charge in [-0.15, -0.1) is 0 Å². The molecule has 4 aromatic rings. The van der Waals surface area contributed by atoms with E-state index in [1.807, 2.05) is 47.2 Å². The monoisotopic (exact) mass is 674 g/mol. The van der Waals surface area contributed by atoms with Gasteiger partial charge in [0.15, 0.2) is 18.6 Å². The molecule has 0 aliphatic rings. The number of rotatable bonds is 11. The fourth-order valence-electron chi connectivity index (χ4n) is 4.29. The van der Waals surface area contributed by atoms with Gasteiger partial charge in [-0.05, 0) is 64.5 Å². The molecule has 0 saturated heterocycles. The first-order valence-electron chi connectivity index (χ1n) is 13.2. The standard InChI is InChI=1S/C30H31BrN4O5S.ClH/c1-3-16-35-19-24(18-25(31)20-35)29(36)32-26-13-11-22(12-14-26)15-17-41(38,39)34-21(2)40-30(37)33-28-10-6-8-23-7-4-5-9-27(23)28;/h4-14,18-21,34H,3,15-17H2,1-2H3,(H-,32,33,36,37);1H. The summed E-state index contributed by atoms with van der Waals surface area (Å²) in [7, 11) is -3.74. The Morgan fingerprint density at radius 2 is 1.69 bits per heavy atom. The molecule has 2 amide bonds. The summed E-state index contributed by atoms with van der Waals surface area (Å²) in [4.78, 5) is 25.1. The van der Waals surface area contributed by atoms with Crippen molar-refractivity contribution in [1.29, 1.82) is 0 Å². The number of amides is 2. The highest BCUT2D eigenvalue weighted by molar-refractivity contribution is 9.10. The number of carbonyl (C=O) groups excluding carboxylic acids is 2. The van der Waals surface area contributed by atoms with Crippen molar-refractivity contribution in [2.24, 2.45) is 0 Å². The Morgan fingerprint density at radius 1 is 0.976 bits per heavy atom. The van der Waals surface area contributed by atoms with E-state index in [1.165, 1.54) is 6.92 Å². The molecule has 3 N–H and O–H groups in total. The van der Waals surface area contributed by atoms with E-state index in [2.05, 4.69) is 38.2 Å². The van der Waals surface area contributed by atoms with Crippen LogP contribution in [0.3, 0.4) is 0 Å². The Morgan fingerprint density at radius 3 is 2.43 bits per heavy atom. The van der Waals surface area contributed by atoms with Crippen LogP contribution in [0, 0.1) is 0 Å². The van der Waals surface area contributed by atoms with Crippen molar-refractivity contribution in [1.82, 2.24) is 4.72 Å². The van der Waals surface area contributed by atoms with Gasteiger partial charge in [0.25, 0.3) is 5.91 Å². The van der Waals surface area contributed by atoms with E-state index in [4.69, 9.17) is 4.74 Å². The number of hydrogen-bond acceptors (Lipinski definition) is 5. The second kappa shape index (κ2) is 15.1. The third-order valence-electron chi connectivity index (χ3n) is 6.16. The first-order valence-corrected chi connectivity index (χ1v) is 15.6. The van der Waals surface area contributed by atoms with Crippen molar-refractivity contribution in [3.63, 3.8) is 0 Å². The molecule has 0 aliphatic heterocycles. The van der Waals surface area contributed by atoms with Crippen LogP contribution in [0.25, 0.3) is 10.8 Å². The topological polar surface area (TPSA) is 117 Å². The minimum atomic E-state index is -3.74. The van der Waals surface area contributed by atoms with Gasteiger partial charge in [-0.2, -0.15) is 4.72 Å². The van der Waals surface area contributed by atoms with Gasteiger partial charge in [0, 0.05) is 17.5 Å². The van der Waals surface area contributed by atoms with E-state index < -0.39 is 22.3 Å². The third-order valence-corrected chi connectivity index (χ3v) is 8.02. The second-order valence-electron chi connectivity index (χ2n) is 9.52. The highest BCUT2D eigenvalue weighted by Gasteiger charge is 2.19. The molecule has 1 aromatic heterocycles. The van der Waals surface area contributed by atoms with Crippen molar-refractivity contribution in [2.75, 3.05) is 16.4 Å². The van der Waals surface area contributed by atoms with Gasteiger partial charge in [0.05, 0.1) is 15.9 Å². The van der Waals surface area contributed by atoms with Crippen molar-refractivity contribution < 1.29 is 39.7 Å². The predicted octanol–water partition coefficient (Wildman–Crippen LogP) is 2.61. The quantitative estimate of drug-likeness (QED) is 0.167. The van der Waals surface area contributed by atoms with Gasteiger partial charge in [0.2, 0.25) is 10.0 Å². The van der Waals surface area contributed by atoms with Crippen LogP contribution >= 0.6 is 15.9 Å². The van der Waals surface area contributed by atoms with Gasteiger partial charge in [0.1, 0.15) is 12.1 Å². The minimum Gasteiger partial charge on any atom is -1.00 e. The summed E-state index contributed by atoms with van der Waals surface area (Å²) in [5, 5.41) is 7.34. The summed E-state index contributed by atoms with van der Waals surface area (Å²) in [6, 6.07) is 21.8. The van der Waals surface area contributed by atoms with Crippen LogP contribution in [0.4, 0.5) is 16.2 Å². The zero-order valence-electron chi connectivity index (χ0n) is 23.1. The Bertz CT molecular complexity index is 1650. The van der Waals surface area contributed by atoms with E-state index in [-0.39, 0.29) is 30.5 Å². The molecule has 3 aromatic carbocycles. The van der Waals surface area contributed by atoms with E-state index in [0.717, 1.165) is 33.8 Å². The van der Waals surface area contributed by atoms with Crippen LogP contribution in [-0.4, -0.2) is 32.4 Å². The van der Waals surface area contributed by atoms with Crippen LogP contribution in [0.2, 0.25) is 0 Å². The number of aromatic nitrogens is 1. The molecule has 0 aliphatic carbocycles. The number of sulfonamides is 1. The summed E-state index contributed by atoms with van der Waals surface area (Å²) in [5.74, 6) is -0.443. The molecule has 1 unspecified atom stereocenters. The van der Waals surface area contributed by atoms with Gasteiger partial charge in [-0.1, -0.05) is 55.5 Å². The van der Waals surface area contributed by atoms with Crippen molar-refractivity contribution in [2.45, 2.75) is 39.5 Å². The Kier molecular flexibility index (Phi) is 11.9. The molecule has 0 spiro atoms. The maximum atomic E-state index is 12.7. The lowest BCUT2D eigenvalue weighted by Gasteiger charge is -2.16. The van der Waals surface area contributed by atoms with E-state index in [9.17, 15) is 18.0 Å². The lowest BCUT2D eigenvalue weighted by atomic mass is 10.1. The van der Waals surface area contributed by atoms with Crippen LogP contribution in [-0.2, 0) is 27.7 Å². The number of halogens is 2. The SMILES string of the molecule is CCC[n+]1cc(Br)cc(C(=O)Nc2ccc(CCS(=O)(=O)NC(C)OC(=O)Nc3cccc4ccccc34)cc2)c1.[Cl-]. The average molecular weight is 676 g/mol. The number of nitrogens with one attached hydrogen (secondary N) is 3.